The average Bonchev–Trinajstić information content (AvgIpc) is 3.09. The molecule has 0 fully saturated rings. The van der Waals surface area contributed by atoms with Gasteiger partial charge in [-0.25, -0.2) is 0 Å². The molecule has 6 aromatic rings. The minimum atomic E-state index is -3.38. The molecule has 0 saturated carbocycles. The van der Waals surface area contributed by atoms with E-state index in [2.05, 4.69) is 225 Å². The zero-order valence-corrected chi connectivity index (χ0v) is 28.1. The molecule has 0 aromatic heterocycles. The maximum absolute atomic E-state index is 4.66. The van der Waals surface area contributed by atoms with Gasteiger partial charge in [-0.05, 0) is 0 Å². The normalized spacial score (nSPS) is 14.0. The summed E-state index contributed by atoms with van der Waals surface area (Å²) in [6.07, 6.45) is 0. The molecule has 0 atom stereocenters. The van der Waals surface area contributed by atoms with E-state index in [-0.39, 0.29) is 0 Å². The van der Waals surface area contributed by atoms with Crippen LogP contribution in [-0.2, 0) is 0 Å². The summed E-state index contributed by atoms with van der Waals surface area (Å²) < 4.78 is 0. The predicted molar refractivity (Wildman–Crippen MR) is 197 cm³/mol. The summed E-state index contributed by atoms with van der Waals surface area (Å²) in [5.41, 5.74) is 0. The van der Waals surface area contributed by atoms with Crippen LogP contribution < -0.4 is 31.8 Å². The van der Waals surface area contributed by atoms with Crippen LogP contribution in [-0.4, -0.2) is 0 Å². The summed E-state index contributed by atoms with van der Waals surface area (Å²) in [5, 5.41) is 0.771. The Morgan fingerprint density at radius 3 is 0.548 bits per heavy atom. The molecule has 208 valence electrons. The maximum atomic E-state index is 4.66. The Morgan fingerprint density at radius 1 is 0.262 bits per heavy atom. The van der Waals surface area contributed by atoms with E-state index in [0.717, 1.165) is 0 Å². The van der Waals surface area contributed by atoms with Gasteiger partial charge in [-0.2, -0.15) is 0 Å². The molecular formula is C38H32Br2P2. The Bertz CT molecular complexity index is 1460. The van der Waals surface area contributed by atoms with E-state index in [1.54, 1.807) is 0 Å². The molecule has 6 aromatic carbocycles. The first-order valence-corrected chi connectivity index (χ1v) is 22.6. The number of hydrogen-bond acceptors (Lipinski definition) is 0. The molecule has 0 aliphatic heterocycles. The van der Waals surface area contributed by atoms with Crippen LogP contribution in [0.1, 0.15) is 0 Å². The topological polar surface area (TPSA) is 0 Å². The summed E-state index contributed by atoms with van der Waals surface area (Å²) in [7, 11) is 0. The second-order valence-electron chi connectivity index (χ2n) is 10.5. The third kappa shape index (κ3) is 4.57. The van der Waals surface area contributed by atoms with Crippen LogP contribution in [0.3, 0.4) is 0 Å². The summed E-state index contributed by atoms with van der Waals surface area (Å²) >= 11 is 9.31. The Kier molecular flexibility index (Phi) is 7.95. The van der Waals surface area contributed by atoms with Gasteiger partial charge >= 0.3 is 267 Å². The first-order valence-electron chi connectivity index (χ1n) is 14.0. The molecule has 0 amide bonds. The van der Waals surface area contributed by atoms with Crippen LogP contribution >= 0.6 is 41.6 Å². The van der Waals surface area contributed by atoms with Crippen LogP contribution in [0.25, 0.3) is 0 Å². The van der Waals surface area contributed by atoms with Gasteiger partial charge in [0.05, 0.1) is 0 Å². The third-order valence-corrected chi connectivity index (χ3v) is 26.5. The number of halogens is 2. The molecule has 0 bridgehead atoms. The molecule has 4 heteroatoms. The van der Waals surface area contributed by atoms with Gasteiger partial charge in [-0.1, -0.05) is 0 Å². The molecule has 0 N–H and O–H groups in total. The quantitative estimate of drug-likeness (QED) is 0.138. The first-order chi connectivity index (χ1) is 20.5. The number of benzene rings is 6. The van der Waals surface area contributed by atoms with Crippen molar-refractivity contribution in [2.24, 2.45) is 0 Å². The van der Waals surface area contributed by atoms with E-state index in [4.69, 9.17) is 0 Å². The average molecular weight is 710 g/mol. The Balaban J connectivity index is 1.81. The SMILES string of the molecule is BrP(C=CP(Br)(c1ccccc1)(c1ccccc1)c1ccccc1)(c1ccccc1)(c1ccccc1)c1ccccc1. The van der Waals surface area contributed by atoms with E-state index in [1.165, 1.54) is 31.8 Å². The predicted octanol–water partition coefficient (Wildman–Crippen LogP) is 9.14. The van der Waals surface area contributed by atoms with E-state index in [9.17, 15) is 0 Å². The molecular weight excluding hydrogens is 678 g/mol. The van der Waals surface area contributed by atoms with Crippen LogP contribution in [0.2, 0.25) is 0 Å². The van der Waals surface area contributed by atoms with Gasteiger partial charge in [-0.3, -0.25) is 0 Å². The summed E-state index contributed by atoms with van der Waals surface area (Å²) in [4.78, 5) is 0. The molecule has 0 heterocycles. The van der Waals surface area contributed by atoms with E-state index in [0.29, 0.717) is 0 Å². The van der Waals surface area contributed by atoms with Crippen molar-refractivity contribution in [3.8, 4) is 0 Å². The first kappa shape index (κ1) is 29.0. The van der Waals surface area contributed by atoms with Crippen LogP contribution in [0.15, 0.2) is 194 Å². The van der Waals surface area contributed by atoms with Crippen molar-refractivity contribution in [2.75, 3.05) is 0 Å². The molecule has 0 radical (unpaired) electrons. The van der Waals surface area contributed by atoms with Crippen molar-refractivity contribution in [1.82, 2.24) is 0 Å². The van der Waals surface area contributed by atoms with Crippen LogP contribution in [0.4, 0.5) is 0 Å². The minimum absolute atomic E-state index is 1.25. The fraction of sp³-hybridized carbons (Fsp3) is 0. The summed E-state index contributed by atoms with van der Waals surface area (Å²) in [5.74, 6) is 5.07. The Labute approximate surface area is 265 Å². The molecule has 6 rings (SSSR count). The second kappa shape index (κ2) is 11.5. The molecule has 0 aliphatic rings. The van der Waals surface area contributed by atoms with Gasteiger partial charge in [-0.15, -0.1) is 0 Å². The van der Waals surface area contributed by atoms with E-state index < -0.39 is 10.6 Å². The van der Waals surface area contributed by atoms with Gasteiger partial charge in [0.1, 0.15) is 0 Å². The fourth-order valence-corrected chi connectivity index (χ4v) is 21.5. The zero-order chi connectivity index (χ0) is 29.0. The van der Waals surface area contributed by atoms with Crippen molar-refractivity contribution >= 4 is 73.4 Å². The van der Waals surface area contributed by atoms with Crippen molar-refractivity contribution in [1.29, 1.82) is 0 Å². The van der Waals surface area contributed by atoms with Gasteiger partial charge in [0, 0.05) is 0 Å². The van der Waals surface area contributed by atoms with Crippen molar-refractivity contribution in [3.63, 3.8) is 0 Å². The third-order valence-electron chi connectivity index (χ3n) is 8.19. The molecule has 0 saturated heterocycles. The van der Waals surface area contributed by atoms with Crippen LogP contribution in [0.5, 0.6) is 0 Å². The molecule has 0 aliphatic carbocycles. The zero-order valence-electron chi connectivity index (χ0n) is 23.1. The number of rotatable bonds is 8. The van der Waals surface area contributed by atoms with Gasteiger partial charge in [0.15, 0.2) is 0 Å². The molecule has 0 unspecified atom stereocenters. The Morgan fingerprint density at radius 2 is 0.405 bits per heavy atom. The monoisotopic (exact) mass is 708 g/mol. The Hall–Kier alpha value is -3.12. The van der Waals surface area contributed by atoms with Gasteiger partial charge in [0.2, 0.25) is 0 Å². The second-order valence-corrected chi connectivity index (χ2v) is 27.3. The standard InChI is InChI=1S/C38H32Br2P2/c39-41(33-19-7-1-8-20-33,34-21-9-2-10-22-34,35-23-11-3-12-24-35)31-32-42(40,36-25-13-4-14-26-36,37-27-15-5-16-28-37)38-29-17-6-18-30-38/h1-32H. The summed E-state index contributed by atoms with van der Waals surface area (Å²) in [6.45, 7) is 0. The van der Waals surface area contributed by atoms with E-state index in [1.807, 2.05) is 0 Å². The molecule has 42 heavy (non-hydrogen) atoms. The molecule has 0 nitrogen and oxygen atoms in total. The van der Waals surface area contributed by atoms with Gasteiger partial charge in [0.25, 0.3) is 0 Å². The molecule has 0 spiro atoms. The van der Waals surface area contributed by atoms with Crippen molar-refractivity contribution in [3.05, 3.63) is 194 Å². The van der Waals surface area contributed by atoms with Crippen molar-refractivity contribution in [2.45, 2.75) is 0 Å². The van der Waals surface area contributed by atoms with Crippen molar-refractivity contribution < 1.29 is 0 Å². The van der Waals surface area contributed by atoms with Crippen LogP contribution in [0, 0.1) is 0 Å². The number of hydrogen-bond donors (Lipinski definition) is 0. The van der Waals surface area contributed by atoms with Gasteiger partial charge < -0.3 is 0 Å². The van der Waals surface area contributed by atoms with E-state index >= 15 is 0 Å². The summed E-state index contributed by atoms with van der Waals surface area (Å²) in [6, 6.07) is 65.6. The fourth-order valence-electron chi connectivity index (χ4n) is 5.98.